The molecule has 6 atom stereocenters. The summed E-state index contributed by atoms with van der Waals surface area (Å²) in [7, 11) is 0. The molecule has 2 aliphatic heterocycles. The molecule has 7 heteroatoms. The number of thioether (sulfide) groups is 1. The van der Waals surface area contributed by atoms with Crippen LogP contribution in [-0.4, -0.2) is 46.5 Å². The Balaban J connectivity index is 1.00. The molecule has 6 nitrogen and oxygen atoms in total. The molecule has 0 aromatic heterocycles. The molecule has 1 saturated heterocycles. The Morgan fingerprint density at radius 1 is 1.12 bits per heavy atom. The van der Waals surface area contributed by atoms with Crippen molar-refractivity contribution in [1.82, 2.24) is 15.5 Å². The van der Waals surface area contributed by atoms with E-state index in [4.69, 9.17) is 0 Å². The van der Waals surface area contributed by atoms with Crippen LogP contribution in [0.1, 0.15) is 67.3 Å². The van der Waals surface area contributed by atoms with Gasteiger partial charge >= 0.3 is 0 Å². The van der Waals surface area contributed by atoms with Gasteiger partial charge in [0, 0.05) is 41.3 Å². The molecule has 3 amide bonds. The van der Waals surface area contributed by atoms with E-state index >= 15 is 0 Å². The van der Waals surface area contributed by atoms with Gasteiger partial charge in [0.05, 0.1) is 0 Å². The lowest BCUT2D eigenvalue weighted by molar-refractivity contribution is -0.136. The van der Waals surface area contributed by atoms with Gasteiger partial charge in [-0.2, -0.15) is 0 Å². The molecule has 3 bridgehead atoms. The molecule has 2 N–H and O–H groups in total. The van der Waals surface area contributed by atoms with Gasteiger partial charge in [0.1, 0.15) is 6.04 Å². The van der Waals surface area contributed by atoms with Crippen LogP contribution in [0.4, 0.5) is 0 Å². The van der Waals surface area contributed by atoms with Gasteiger partial charge in [-0.15, -0.1) is 11.8 Å². The van der Waals surface area contributed by atoms with E-state index in [0.29, 0.717) is 29.5 Å². The van der Waals surface area contributed by atoms with Crippen molar-refractivity contribution < 1.29 is 14.4 Å². The van der Waals surface area contributed by atoms with Crippen LogP contribution in [0.25, 0.3) is 0 Å². The third kappa shape index (κ3) is 2.94. The van der Waals surface area contributed by atoms with Crippen molar-refractivity contribution >= 4 is 29.5 Å². The number of nitrogens with one attached hydrogen (secondary N) is 2. The van der Waals surface area contributed by atoms with Crippen LogP contribution >= 0.6 is 11.8 Å². The van der Waals surface area contributed by atoms with Crippen molar-refractivity contribution in [2.75, 3.05) is 12.3 Å². The molecule has 4 saturated carbocycles. The summed E-state index contributed by atoms with van der Waals surface area (Å²) in [5.41, 5.74) is 2.84. The highest BCUT2D eigenvalue weighted by Gasteiger charge is 2.70. The largest absolute Gasteiger partial charge is 0.322 e. The van der Waals surface area contributed by atoms with E-state index in [1.54, 1.807) is 4.90 Å². The highest BCUT2D eigenvalue weighted by Crippen LogP contribution is 2.76. The van der Waals surface area contributed by atoms with Gasteiger partial charge < -0.3 is 10.2 Å². The Morgan fingerprint density at radius 2 is 2.03 bits per heavy atom. The zero-order valence-electron chi connectivity index (χ0n) is 18.9. The molecular formula is C26H31N3O3S. The van der Waals surface area contributed by atoms with Gasteiger partial charge in [-0.3, -0.25) is 19.7 Å². The van der Waals surface area contributed by atoms with Crippen LogP contribution in [0, 0.1) is 23.2 Å². The smallest absolute Gasteiger partial charge is 0.255 e. The molecule has 6 unspecified atom stereocenters. The normalized spacial score (nSPS) is 40.1. The maximum Gasteiger partial charge on any atom is 0.255 e. The van der Waals surface area contributed by atoms with Crippen LogP contribution in [0.15, 0.2) is 23.1 Å². The number of hydrogen-bond acceptors (Lipinski definition) is 5. The zero-order valence-corrected chi connectivity index (χ0v) is 19.7. The maximum atomic E-state index is 13.0. The second-order valence-corrected chi connectivity index (χ2v) is 12.6. The first kappa shape index (κ1) is 20.5. The first-order valence-corrected chi connectivity index (χ1v) is 13.6. The quantitative estimate of drug-likeness (QED) is 0.384. The summed E-state index contributed by atoms with van der Waals surface area (Å²) in [4.78, 5) is 39.7. The van der Waals surface area contributed by atoms with Crippen LogP contribution < -0.4 is 10.6 Å². The van der Waals surface area contributed by atoms with Crippen LogP contribution in [0.2, 0.25) is 0 Å². The molecule has 4 aliphatic carbocycles. The van der Waals surface area contributed by atoms with E-state index in [9.17, 15) is 14.4 Å². The summed E-state index contributed by atoms with van der Waals surface area (Å²) in [6, 6.07) is 5.37. The van der Waals surface area contributed by atoms with Gasteiger partial charge in [-0.05, 0) is 85.8 Å². The van der Waals surface area contributed by atoms with Gasteiger partial charge in [0.25, 0.3) is 5.91 Å². The highest BCUT2D eigenvalue weighted by atomic mass is 32.2. The summed E-state index contributed by atoms with van der Waals surface area (Å²) in [6.45, 7) is 1.45. The van der Waals surface area contributed by atoms with Crippen molar-refractivity contribution in [2.24, 2.45) is 23.2 Å². The number of benzene rings is 1. The molecule has 174 valence electrons. The molecule has 33 heavy (non-hydrogen) atoms. The number of hydrogen-bond donors (Lipinski definition) is 2. The van der Waals surface area contributed by atoms with Crippen LogP contribution in [0.3, 0.4) is 0 Å². The maximum absolute atomic E-state index is 13.0. The number of carbonyl (C=O) groups excluding carboxylic acids is 3. The monoisotopic (exact) mass is 465 g/mol. The van der Waals surface area contributed by atoms with E-state index in [1.165, 1.54) is 38.5 Å². The predicted octanol–water partition coefficient (Wildman–Crippen LogP) is 3.10. The number of carbonyl (C=O) groups is 3. The lowest BCUT2D eigenvalue weighted by Crippen LogP contribution is -2.52. The fourth-order valence-electron chi connectivity index (χ4n) is 8.73. The lowest BCUT2D eigenvalue weighted by Gasteiger charge is -2.49. The number of fused-ring (bicyclic) bond motifs is 3. The van der Waals surface area contributed by atoms with Crippen molar-refractivity contribution in [2.45, 2.75) is 74.4 Å². The minimum atomic E-state index is -0.552. The molecule has 1 aromatic rings. The molecular weight excluding hydrogens is 434 g/mol. The van der Waals surface area contributed by atoms with Gasteiger partial charge in [-0.1, -0.05) is 6.07 Å². The number of rotatable bonds is 6. The minimum Gasteiger partial charge on any atom is -0.322 e. The van der Waals surface area contributed by atoms with E-state index in [2.05, 4.69) is 16.7 Å². The number of amides is 3. The third-order valence-corrected chi connectivity index (χ3v) is 11.0. The molecule has 5 fully saturated rings. The summed E-state index contributed by atoms with van der Waals surface area (Å²) in [5.74, 6) is 3.27. The first-order valence-electron chi connectivity index (χ1n) is 12.6. The molecule has 2 heterocycles. The fourth-order valence-corrected chi connectivity index (χ4v) is 9.68. The minimum absolute atomic E-state index is 0.0908. The Kier molecular flexibility index (Phi) is 4.40. The summed E-state index contributed by atoms with van der Waals surface area (Å²) >= 11 is 1.82. The van der Waals surface area contributed by atoms with Gasteiger partial charge in [0.2, 0.25) is 11.8 Å². The molecule has 0 radical (unpaired) electrons. The Hall–Kier alpha value is -1.86. The standard InChI is InChI=1S/C26H31N3O3S/c30-22-5-4-20(23(31)28-22)29-13-19-18(24(29)32)2-1-3-21(19)33-7-6-27-25-10-15-8-16-9-17(12-25)26(16,11-15)14-25/h1-3,15-17,20,27H,4-14H2,(H,28,30,31). The highest BCUT2D eigenvalue weighted by molar-refractivity contribution is 7.99. The number of piperidine rings is 1. The van der Waals surface area contributed by atoms with Crippen LogP contribution in [0.5, 0.6) is 0 Å². The first-order chi connectivity index (χ1) is 16.0. The third-order valence-electron chi connectivity index (χ3n) is 9.86. The summed E-state index contributed by atoms with van der Waals surface area (Å²) in [5, 5.41) is 6.40. The van der Waals surface area contributed by atoms with Crippen molar-refractivity contribution in [3.05, 3.63) is 29.3 Å². The van der Waals surface area contributed by atoms with E-state index in [0.717, 1.165) is 40.5 Å². The number of nitrogens with zero attached hydrogens (tertiary/aromatic N) is 1. The lowest BCUT2D eigenvalue weighted by atomic mass is 9.56. The topological polar surface area (TPSA) is 78.5 Å². The van der Waals surface area contributed by atoms with Gasteiger partial charge in [-0.25, -0.2) is 0 Å². The van der Waals surface area contributed by atoms with E-state index < -0.39 is 6.04 Å². The molecule has 1 spiro atoms. The molecule has 6 aliphatic rings. The Bertz CT molecular complexity index is 1070. The molecule has 1 aromatic carbocycles. The van der Waals surface area contributed by atoms with Crippen molar-refractivity contribution in [3.63, 3.8) is 0 Å². The predicted molar refractivity (Wildman–Crippen MR) is 125 cm³/mol. The Morgan fingerprint density at radius 3 is 2.91 bits per heavy atom. The van der Waals surface area contributed by atoms with Crippen LogP contribution in [-0.2, 0) is 16.1 Å². The van der Waals surface area contributed by atoms with Crippen molar-refractivity contribution in [1.29, 1.82) is 0 Å². The Labute approximate surface area is 198 Å². The average molecular weight is 466 g/mol. The summed E-state index contributed by atoms with van der Waals surface area (Å²) < 4.78 is 0. The number of imide groups is 1. The van der Waals surface area contributed by atoms with E-state index in [1.807, 2.05) is 23.9 Å². The zero-order chi connectivity index (χ0) is 22.4. The molecule has 7 rings (SSSR count). The average Bonchev–Trinajstić information content (AvgIpc) is 3.28. The summed E-state index contributed by atoms with van der Waals surface area (Å²) in [6.07, 6.45) is 9.36. The van der Waals surface area contributed by atoms with E-state index in [-0.39, 0.29) is 24.1 Å². The SMILES string of the molecule is O=C1CCC(N2Cc3c(SCCNC45CC6CC7CC(C4)C7(C6)C5)cccc3C2=O)C(=O)N1. The second-order valence-electron chi connectivity index (χ2n) is 11.5. The fraction of sp³-hybridized carbons (Fsp3) is 0.654. The second kappa shape index (κ2) is 7.08. The van der Waals surface area contributed by atoms with Gasteiger partial charge in [0.15, 0.2) is 0 Å². The van der Waals surface area contributed by atoms with Crippen molar-refractivity contribution in [3.8, 4) is 0 Å².